The summed E-state index contributed by atoms with van der Waals surface area (Å²) in [5.41, 5.74) is 5.49. The smallest absolute Gasteiger partial charge is 0.251 e. The molecule has 0 spiro atoms. The Kier molecular flexibility index (Phi) is 3.51. The van der Waals surface area contributed by atoms with E-state index in [0.717, 1.165) is 0 Å². The number of nitrogens with two attached hydrogens (primary N) is 1. The Labute approximate surface area is 100.0 Å². The van der Waals surface area contributed by atoms with Gasteiger partial charge in [-0.3, -0.25) is 9.59 Å². The van der Waals surface area contributed by atoms with E-state index < -0.39 is 10.2 Å². The highest BCUT2D eigenvalue weighted by molar-refractivity contribution is 9.10. The highest BCUT2D eigenvalue weighted by Gasteiger charge is 2.25. The molecular weight excluding hydrogens is 280 g/mol. The molecule has 1 aromatic heterocycles. The number of hydrogen-bond acceptors (Lipinski definition) is 3. The third-order valence-corrected chi connectivity index (χ3v) is 2.89. The van der Waals surface area contributed by atoms with Gasteiger partial charge < -0.3 is 11.1 Å². The maximum Gasteiger partial charge on any atom is 0.251 e. The first-order chi connectivity index (χ1) is 6.82. The Balaban J connectivity index is 2.86. The first-order valence-corrected chi connectivity index (χ1v) is 5.87. The number of primary amides is 1. The zero-order valence-electron chi connectivity index (χ0n) is 8.33. The molecule has 0 aliphatic heterocycles. The van der Waals surface area contributed by atoms with Crippen molar-refractivity contribution in [3.8, 4) is 0 Å². The van der Waals surface area contributed by atoms with Crippen LogP contribution in [-0.2, 0) is 4.79 Å². The van der Waals surface area contributed by atoms with Crippen LogP contribution in [0.5, 0.6) is 0 Å². The summed E-state index contributed by atoms with van der Waals surface area (Å²) in [6.45, 7) is 3.44. The van der Waals surface area contributed by atoms with Crippen molar-refractivity contribution in [2.45, 2.75) is 18.2 Å². The van der Waals surface area contributed by atoms with Crippen LogP contribution in [0.1, 0.15) is 24.2 Å². The van der Waals surface area contributed by atoms with Crippen LogP contribution < -0.4 is 11.1 Å². The largest absolute Gasteiger partial charge is 0.366 e. The SMILES string of the molecule is CC(C)(Br)C(=O)Nc1sccc1C(N)=O. The molecule has 82 valence electrons. The van der Waals surface area contributed by atoms with E-state index >= 15 is 0 Å². The van der Waals surface area contributed by atoms with Gasteiger partial charge >= 0.3 is 0 Å². The Morgan fingerprint density at radius 1 is 1.53 bits per heavy atom. The van der Waals surface area contributed by atoms with Gasteiger partial charge in [0, 0.05) is 0 Å². The normalized spacial score (nSPS) is 11.1. The number of rotatable bonds is 3. The first kappa shape index (κ1) is 12.2. The highest BCUT2D eigenvalue weighted by Crippen LogP contribution is 2.25. The number of thiophene rings is 1. The minimum atomic E-state index is -0.675. The third-order valence-electron chi connectivity index (χ3n) is 1.70. The molecule has 0 atom stereocenters. The molecule has 1 heterocycles. The lowest BCUT2D eigenvalue weighted by molar-refractivity contribution is -0.117. The highest BCUT2D eigenvalue weighted by atomic mass is 79.9. The lowest BCUT2D eigenvalue weighted by Crippen LogP contribution is -2.31. The van der Waals surface area contributed by atoms with Crippen molar-refractivity contribution in [2.75, 3.05) is 5.32 Å². The van der Waals surface area contributed by atoms with Crippen LogP contribution in [0.15, 0.2) is 11.4 Å². The van der Waals surface area contributed by atoms with Crippen molar-refractivity contribution in [3.05, 3.63) is 17.0 Å². The maximum atomic E-state index is 11.6. The number of halogens is 1. The summed E-state index contributed by atoms with van der Waals surface area (Å²) >= 11 is 4.50. The summed E-state index contributed by atoms with van der Waals surface area (Å²) in [6, 6.07) is 1.59. The minimum Gasteiger partial charge on any atom is -0.366 e. The van der Waals surface area contributed by atoms with Gasteiger partial charge in [-0.05, 0) is 25.3 Å². The molecule has 0 saturated heterocycles. The first-order valence-electron chi connectivity index (χ1n) is 4.20. The lowest BCUT2D eigenvalue weighted by atomic mass is 10.2. The molecule has 15 heavy (non-hydrogen) atoms. The second-order valence-corrected chi connectivity index (χ2v) is 6.35. The van der Waals surface area contributed by atoms with Gasteiger partial charge in [0.05, 0.1) is 9.89 Å². The van der Waals surface area contributed by atoms with E-state index in [1.807, 2.05) is 0 Å². The molecule has 0 radical (unpaired) electrons. The molecule has 4 nitrogen and oxygen atoms in total. The van der Waals surface area contributed by atoms with Gasteiger partial charge in [0.25, 0.3) is 5.91 Å². The van der Waals surface area contributed by atoms with Gasteiger partial charge in [-0.25, -0.2) is 0 Å². The van der Waals surface area contributed by atoms with Gasteiger partial charge in [-0.2, -0.15) is 0 Å². The number of carbonyl (C=O) groups is 2. The van der Waals surface area contributed by atoms with Crippen LogP contribution in [-0.4, -0.2) is 16.1 Å². The monoisotopic (exact) mass is 290 g/mol. The van der Waals surface area contributed by atoms with Crippen LogP contribution in [0, 0.1) is 0 Å². The van der Waals surface area contributed by atoms with Crippen molar-refractivity contribution < 1.29 is 9.59 Å². The average molecular weight is 291 g/mol. The van der Waals surface area contributed by atoms with Gasteiger partial charge in [-0.1, -0.05) is 15.9 Å². The fourth-order valence-electron chi connectivity index (χ4n) is 0.852. The standard InChI is InChI=1S/C9H11BrN2O2S/c1-9(2,10)8(14)12-7-5(6(11)13)3-4-15-7/h3-4H,1-2H3,(H2,11,13)(H,12,14). The topological polar surface area (TPSA) is 72.2 Å². The van der Waals surface area contributed by atoms with Crippen molar-refractivity contribution >= 4 is 44.1 Å². The van der Waals surface area contributed by atoms with E-state index in [1.54, 1.807) is 25.3 Å². The molecule has 0 aliphatic carbocycles. The second kappa shape index (κ2) is 4.32. The van der Waals surface area contributed by atoms with E-state index in [4.69, 9.17) is 5.73 Å². The van der Waals surface area contributed by atoms with Gasteiger partial charge in [-0.15, -0.1) is 11.3 Å². The molecule has 1 aromatic rings. The summed E-state index contributed by atoms with van der Waals surface area (Å²) < 4.78 is -0.675. The van der Waals surface area contributed by atoms with Crippen LogP contribution >= 0.6 is 27.3 Å². The quantitative estimate of drug-likeness (QED) is 0.836. The molecule has 0 aliphatic rings. The summed E-state index contributed by atoms with van der Waals surface area (Å²) in [4.78, 5) is 22.6. The second-order valence-electron chi connectivity index (χ2n) is 3.45. The summed E-state index contributed by atoms with van der Waals surface area (Å²) in [5.74, 6) is -0.758. The summed E-state index contributed by atoms with van der Waals surface area (Å²) in [6.07, 6.45) is 0. The molecule has 0 unspecified atom stereocenters. The van der Waals surface area contributed by atoms with Crippen LogP contribution in [0.25, 0.3) is 0 Å². The Morgan fingerprint density at radius 2 is 2.13 bits per heavy atom. The minimum absolute atomic E-state index is 0.215. The lowest BCUT2D eigenvalue weighted by Gasteiger charge is -2.15. The molecule has 0 aromatic carbocycles. The van der Waals surface area contributed by atoms with Crippen LogP contribution in [0.3, 0.4) is 0 Å². The van der Waals surface area contributed by atoms with Crippen molar-refractivity contribution in [3.63, 3.8) is 0 Å². The predicted octanol–water partition coefficient (Wildman–Crippen LogP) is 1.96. The fraction of sp³-hybridized carbons (Fsp3) is 0.333. The number of carbonyl (C=O) groups excluding carboxylic acids is 2. The number of hydrogen-bond donors (Lipinski definition) is 2. The molecule has 2 amide bonds. The van der Waals surface area contributed by atoms with Gasteiger partial charge in [0.2, 0.25) is 5.91 Å². The number of anilines is 1. The van der Waals surface area contributed by atoms with E-state index in [0.29, 0.717) is 10.6 Å². The predicted molar refractivity (Wildman–Crippen MR) is 64.5 cm³/mol. The molecule has 6 heteroatoms. The zero-order chi connectivity index (χ0) is 11.6. The molecule has 0 saturated carbocycles. The Morgan fingerprint density at radius 3 is 2.60 bits per heavy atom. The molecule has 0 fully saturated rings. The molecule has 1 rings (SSSR count). The number of amides is 2. The maximum absolute atomic E-state index is 11.6. The van der Waals surface area contributed by atoms with Crippen molar-refractivity contribution in [2.24, 2.45) is 5.73 Å². The van der Waals surface area contributed by atoms with E-state index in [2.05, 4.69) is 21.2 Å². The molecular formula is C9H11BrN2O2S. The zero-order valence-corrected chi connectivity index (χ0v) is 10.7. The van der Waals surface area contributed by atoms with E-state index in [1.165, 1.54) is 11.3 Å². The fourth-order valence-corrected chi connectivity index (χ4v) is 1.74. The molecule has 0 bridgehead atoms. The van der Waals surface area contributed by atoms with E-state index in [9.17, 15) is 9.59 Å². The van der Waals surface area contributed by atoms with Crippen molar-refractivity contribution in [1.82, 2.24) is 0 Å². The average Bonchev–Trinajstić information content (AvgIpc) is 2.50. The third kappa shape index (κ3) is 3.04. The van der Waals surface area contributed by atoms with Crippen molar-refractivity contribution in [1.29, 1.82) is 0 Å². The molecule has 3 N–H and O–H groups in total. The summed E-state index contributed by atoms with van der Waals surface area (Å²) in [7, 11) is 0. The van der Waals surface area contributed by atoms with Gasteiger partial charge in [0.15, 0.2) is 0 Å². The van der Waals surface area contributed by atoms with E-state index in [-0.39, 0.29) is 5.91 Å². The van der Waals surface area contributed by atoms with Crippen LogP contribution in [0.2, 0.25) is 0 Å². The number of alkyl halides is 1. The number of nitrogens with one attached hydrogen (secondary N) is 1. The Hall–Kier alpha value is -0.880. The van der Waals surface area contributed by atoms with Gasteiger partial charge in [0.1, 0.15) is 5.00 Å². The van der Waals surface area contributed by atoms with Crippen LogP contribution in [0.4, 0.5) is 5.00 Å². The Bertz CT molecular complexity index is 395. The summed E-state index contributed by atoms with van der Waals surface area (Å²) in [5, 5.41) is 4.84.